The van der Waals surface area contributed by atoms with Crippen LogP contribution in [0.25, 0.3) is 0 Å². The molecule has 2 aliphatic heterocycles. The van der Waals surface area contributed by atoms with Gasteiger partial charge in [-0.25, -0.2) is 4.39 Å². The van der Waals surface area contributed by atoms with E-state index in [0.717, 1.165) is 17.6 Å². The van der Waals surface area contributed by atoms with Gasteiger partial charge in [0.2, 0.25) is 5.91 Å². The summed E-state index contributed by atoms with van der Waals surface area (Å²) < 4.78 is 13.0. The number of nitrogens with zero attached hydrogens (tertiary/aromatic N) is 2. The predicted molar refractivity (Wildman–Crippen MR) is 89.9 cm³/mol. The molecule has 3 nitrogen and oxygen atoms in total. The van der Waals surface area contributed by atoms with Gasteiger partial charge in [-0.15, -0.1) is 0 Å². The van der Waals surface area contributed by atoms with E-state index in [9.17, 15) is 9.18 Å². The van der Waals surface area contributed by atoms with E-state index in [1.807, 2.05) is 18.4 Å². The Hall–Kier alpha value is -2.49. The van der Waals surface area contributed by atoms with E-state index >= 15 is 0 Å². The summed E-state index contributed by atoms with van der Waals surface area (Å²) in [5.74, 6) is -0.0872. The molecule has 0 saturated heterocycles. The van der Waals surface area contributed by atoms with E-state index in [-0.39, 0.29) is 23.7 Å². The minimum absolute atomic E-state index is 0.00779. The van der Waals surface area contributed by atoms with Crippen LogP contribution in [-0.4, -0.2) is 36.7 Å². The molecule has 2 heterocycles. The molecule has 3 rings (SSSR count). The van der Waals surface area contributed by atoms with Gasteiger partial charge in [-0.2, -0.15) is 0 Å². The van der Waals surface area contributed by atoms with Crippen LogP contribution in [0.2, 0.25) is 0 Å². The maximum absolute atomic E-state index is 13.0. The van der Waals surface area contributed by atoms with Gasteiger partial charge < -0.3 is 4.90 Å². The summed E-state index contributed by atoms with van der Waals surface area (Å²) in [7, 11) is 1.78. The first-order valence-electron chi connectivity index (χ1n) is 7.70. The maximum atomic E-state index is 13.0. The molecule has 0 bridgehead atoms. The standard InChI is InChI=1S/C19H19FN2O/c1-22-10-2-3-16-12-15(11-14-4-6-17(20)7-5-14)13-21-18(16)8-9-19(22)23/h2-9,12-13,16,18H,10-11H2,1H3/b3-2+,9-8+. The van der Waals surface area contributed by atoms with Crippen LogP contribution in [0.5, 0.6) is 0 Å². The summed E-state index contributed by atoms with van der Waals surface area (Å²) in [6, 6.07) is 6.50. The molecule has 0 fully saturated rings. The van der Waals surface area contributed by atoms with Gasteiger partial charge in [0.05, 0.1) is 6.04 Å². The highest BCUT2D eigenvalue weighted by molar-refractivity contribution is 5.88. The summed E-state index contributed by atoms with van der Waals surface area (Å²) in [5.41, 5.74) is 2.16. The number of likely N-dealkylation sites (N-methyl/N-ethyl adjacent to an activating group) is 1. The van der Waals surface area contributed by atoms with Gasteiger partial charge in [-0.05, 0) is 29.7 Å². The number of hydrogen-bond acceptors (Lipinski definition) is 2. The van der Waals surface area contributed by atoms with Crippen molar-refractivity contribution in [3.05, 3.63) is 71.6 Å². The van der Waals surface area contributed by atoms with Crippen LogP contribution in [-0.2, 0) is 11.2 Å². The van der Waals surface area contributed by atoms with Gasteiger partial charge in [0.1, 0.15) is 5.82 Å². The van der Waals surface area contributed by atoms with Crippen LogP contribution in [0.15, 0.2) is 65.2 Å². The minimum Gasteiger partial charge on any atom is -0.339 e. The second-order valence-electron chi connectivity index (χ2n) is 5.90. The number of dihydropyridines is 1. The van der Waals surface area contributed by atoms with E-state index < -0.39 is 0 Å². The van der Waals surface area contributed by atoms with Gasteiger partial charge in [-0.1, -0.05) is 36.4 Å². The molecule has 2 atom stereocenters. The zero-order chi connectivity index (χ0) is 16.2. The lowest BCUT2D eigenvalue weighted by molar-refractivity contribution is -0.124. The first kappa shape index (κ1) is 15.4. The second kappa shape index (κ2) is 6.73. The maximum Gasteiger partial charge on any atom is 0.246 e. The number of carbonyl (C=O) groups excluding carboxylic acids is 1. The Kier molecular flexibility index (Phi) is 4.51. The van der Waals surface area contributed by atoms with Gasteiger partial charge >= 0.3 is 0 Å². The Morgan fingerprint density at radius 2 is 2.04 bits per heavy atom. The smallest absolute Gasteiger partial charge is 0.246 e. The Labute approximate surface area is 135 Å². The molecule has 0 aliphatic carbocycles. The van der Waals surface area contributed by atoms with Crippen molar-refractivity contribution < 1.29 is 9.18 Å². The molecule has 0 saturated carbocycles. The summed E-state index contributed by atoms with van der Waals surface area (Å²) in [6.45, 7) is 0.594. The lowest BCUT2D eigenvalue weighted by Crippen LogP contribution is -2.24. The molecule has 1 amide bonds. The summed E-state index contributed by atoms with van der Waals surface area (Å²) in [4.78, 5) is 18.1. The summed E-state index contributed by atoms with van der Waals surface area (Å²) in [6.07, 6.45) is 12.3. The van der Waals surface area contributed by atoms with Crippen LogP contribution in [0.3, 0.4) is 0 Å². The average molecular weight is 310 g/mol. The number of fused-ring (bicyclic) bond motifs is 1. The van der Waals surface area contributed by atoms with Crippen LogP contribution in [0.4, 0.5) is 4.39 Å². The fourth-order valence-electron chi connectivity index (χ4n) is 2.73. The lowest BCUT2D eigenvalue weighted by Gasteiger charge is -2.20. The van der Waals surface area contributed by atoms with Crippen LogP contribution < -0.4 is 0 Å². The van der Waals surface area contributed by atoms with Crippen molar-refractivity contribution in [3.63, 3.8) is 0 Å². The third-order valence-electron chi connectivity index (χ3n) is 4.08. The van der Waals surface area contributed by atoms with Crippen molar-refractivity contribution in [2.45, 2.75) is 12.5 Å². The SMILES string of the molecule is CN1C/C=C/C2C=C(Cc3ccc(F)cc3)C=NC2/C=C/C1=O. The van der Waals surface area contributed by atoms with Crippen molar-refractivity contribution in [3.8, 4) is 0 Å². The lowest BCUT2D eigenvalue weighted by atomic mass is 9.91. The Morgan fingerprint density at radius 1 is 1.26 bits per heavy atom. The fraction of sp³-hybridized carbons (Fsp3) is 0.263. The first-order chi connectivity index (χ1) is 11.1. The second-order valence-corrected chi connectivity index (χ2v) is 5.90. The number of carbonyl (C=O) groups is 1. The monoisotopic (exact) mass is 310 g/mol. The number of rotatable bonds is 2. The molecule has 1 aromatic rings. The van der Waals surface area contributed by atoms with Crippen molar-refractivity contribution in [2.24, 2.45) is 10.9 Å². The molecule has 118 valence electrons. The largest absolute Gasteiger partial charge is 0.339 e. The molecule has 0 N–H and O–H groups in total. The van der Waals surface area contributed by atoms with Gasteiger partial charge in [0.15, 0.2) is 0 Å². The Morgan fingerprint density at radius 3 is 2.83 bits per heavy atom. The van der Waals surface area contributed by atoms with Crippen molar-refractivity contribution in [2.75, 3.05) is 13.6 Å². The first-order valence-corrected chi connectivity index (χ1v) is 7.70. The normalized spacial score (nSPS) is 26.6. The zero-order valence-corrected chi connectivity index (χ0v) is 13.0. The molecule has 0 aromatic heterocycles. The van der Waals surface area contributed by atoms with Crippen molar-refractivity contribution in [1.29, 1.82) is 0 Å². The van der Waals surface area contributed by atoms with E-state index in [1.165, 1.54) is 12.1 Å². The number of halogens is 1. The van der Waals surface area contributed by atoms with Crippen LogP contribution in [0, 0.1) is 11.7 Å². The number of allylic oxidation sites excluding steroid dienone is 1. The predicted octanol–water partition coefficient (Wildman–Crippen LogP) is 2.95. The number of benzene rings is 1. The van der Waals surface area contributed by atoms with Crippen molar-refractivity contribution in [1.82, 2.24) is 4.90 Å². The van der Waals surface area contributed by atoms with Gasteiger partial charge in [0, 0.05) is 31.8 Å². The third kappa shape index (κ3) is 3.83. The highest BCUT2D eigenvalue weighted by Crippen LogP contribution is 2.22. The zero-order valence-electron chi connectivity index (χ0n) is 13.0. The molecule has 1 aromatic carbocycles. The Bertz CT molecular complexity index is 701. The van der Waals surface area contributed by atoms with E-state index in [4.69, 9.17) is 0 Å². The topological polar surface area (TPSA) is 32.7 Å². The van der Waals surface area contributed by atoms with Crippen molar-refractivity contribution >= 4 is 12.1 Å². The quantitative estimate of drug-likeness (QED) is 0.773. The van der Waals surface area contributed by atoms with Crippen LogP contribution >= 0.6 is 0 Å². The number of hydrogen-bond donors (Lipinski definition) is 0. The minimum atomic E-state index is -0.224. The fourth-order valence-corrected chi connectivity index (χ4v) is 2.73. The summed E-state index contributed by atoms with van der Waals surface area (Å²) in [5, 5.41) is 0. The van der Waals surface area contributed by atoms with Gasteiger partial charge in [-0.3, -0.25) is 9.79 Å². The molecule has 2 unspecified atom stereocenters. The van der Waals surface area contributed by atoms with E-state index in [0.29, 0.717) is 6.54 Å². The molecule has 2 aliphatic rings. The molecule has 4 heteroatoms. The molecule has 0 spiro atoms. The number of aliphatic imine (C=N–C) groups is 1. The van der Waals surface area contributed by atoms with E-state index in [1.54, 1.807) is 30.2 Å². The third-order valence-corrected chi connectivity index (χ3v) is 4.08. The van der Waals surface area contributed by atoms with E-state index in [2.05, 4.69) is 17.1 Å². The molecular formula is C19H19FN2O. The Balaban J connectivity index is 1.78. The van der Waals surface area contributed by atoms with Gasteiger partial charge in [0.25, 0.3) is 0 Å². The van der Waals surface area contributed by atoms with Crippen LogP contribution in [0.1, 0.15) is 5.56 Å². The highest BCUT2D eigenvalue weighted by Gasteiger charge is 2.19. The molecule has 0 radical (unpaired) electrons. The average Bonchev–Trinajstić information content (AvgIpc) is 2.61. The molecular weight excluding hydrogens is 291 g/mol. The highest BCUT2D eigenvalue weighted by atomic mass is 19.1. The summed E-state index contributed by atoms with van der Waals surface area (Å²) >= 11 is 0. The molecule has 23 heavy (non-hydrogen) atoms. The number of amides is 1.